The summed E-state index contributed by atoms with van der Waals surface area (Å²) >= 11 is 1.29. The van der Waals surface area contributed by atoms with Crippen molar-refractivity contribution in [1.82, 2.24) is 4.98 Å². The van der Waals surface area contributed by atoms with E-state index in [4.69, 9.17) is 4.42 Å². The van der Waals surface area contributed by atoms with Gasteiger partial charge in [-0.05, 0) is 18.2 Å². The molecule has 7 heteroatoms. The minimum Gasteiger partial charge on any atom is -0.422 e. The van der Waals surface area contributed by atoms with Gasteiger partial charge in [-0.3, -0.25) is 5.43 Å². The van der Waals surface area contributed by atoms with Gasteiger partial charge in [0.25, 0.3) is 0 Å². The van der Waals surface area contributed by atoms with E-state index in [1.165, 1.54) is 23.6 Å². The van der Waals surface area contributed by atoms with Gasteiger partial charge >= 0.3 is 5.63 Å². The van der Waals surface area contributed by atoms with Gasteiger partial charge < -0.3 is 4.42 Å². The first-order chi connectivity index (χ1) is 12.7. The van der Waals surface area contributed by atoms with Crippen LogP contribution in [-0.2, 0) is 0 Å². The average Bonchev–Trinajstić information content (AvgIpc) is 3.11. The lowest BCUT2D eigenvalue weighted by Gasteiger charge is -1.99. The van der Waals surface area contributed by atoms with E-state index in [1.807, 2.05) is 18.2 Å². The van der Waals surface area contributed by atoms with Gasteiger partial charge in [0.15, 0.2) is 0 Å². The van der Waals surface area contributed by atoms with Gasteiger partial charge in [-0.25, -0.2) is 14.2 Å². The van der Waals surface area contributed by atoms with Gasteiger partial charge in [0, 0.05) is 16.3 Å². The van der Waals surface area contributed by atoms with E-state index >= 15 is 0 Å². The van der Waals surface area contributed by atoms with Crippen LogP contribution >= 0.6 is 11.3 Å². The van der Waals surface area contributed by atoms with Crippen LogP contribution in [0.1, 0.15) is 5.56 Å². The van der Waals surface area contributed by atoms with Crippen LogP contribution in [0.15, 0.2) is 74.3 Å². The maximum atomic E-state index is 13.5. The number of benzene rings is 2. The third kappa shape index (κ3) is 3.25. The first-order valence-electron chi connectivity index (χ1n) is 7.73. The fraction of sp³-hybridized carbons (Fsp3) is 0. The highest BCUT2D eigenvalue weighted by Crippen LogP contribution is 2.25. The molecular weight excluding hydrogens is 353 g/mol. The molecule has 2 aromatic carbocycles. The number of hydrogen-bond acceptors (Lipinski definition) is 6. The predicted molar refractivity (Wildman–Crippen MR) is 101 cm³/mol. The summed E-state index contributed by atoms with van der Waals surface area (Å²) in [5.41, 5.74) is 4.07. The van der Waals surface area contributed by atoms with E-state index in [9.17, 15) is 9.18 Å². The molecule has 2 aromatic heterocycles. The number of halogens is 1. The van der Waals surface area contributed by atoms with Gasteiger partial charge in [-0.2, -0.15) is 5.10 Å². The summed E-state index contributed by atoms with van der Waals surface area (Å²) < 4.78 is 18.9. The Balaban J connectivity index is 1.58. The van der Waals surface area contributed by atoms with Crippen LogP contribution in [0.4, 0.5) is 9.52 Å². The molecule has 0 aliphatic carbocycles. The van der Waals surface area contributed by atoms with Crippen molar-refractivity contribution in [1.29, 1.82) is 0 Å². The second-order valence-electron chi connectivity index (χ2n) is 5.41. The Labute approximate surface area is 151 Å². The number of anilines is 1. The third-order valence-electron chi connectivity index (χ3n) is 3.69. The van der Waals surface area contributed by atoms with E-state index in [-0.39, 0.29) is 5.82 Å². The average molecular weight is 365 g/mol. The van der Waals surface area contributed by atoms with Crippen molar-refractivity contribution in [2.24, 2.45) is 5.10 Å². The van der Waals surface area contributed by atoms with Crippen LogP contribution in [0.2, 0.25) is 0 Å². The van der Waals surface area contributed by atoms with Crippen molar-refractivity contribution in [3.05, 3.63) is 81.8 Å². The molecule has 0 aliphatic heterocycles. The molecule has 0 aliphatic rings. The molecule has 0 atom stereocenters. The number of rotatable bonds is 4. The van der Waals surface area contributed by atoms with Crippen LogP contribution in [0.25, 0.3) is 22.2 Å². The second-order valence-corrected chi connectivity index (χ2v) is 6.27. The molecule has 128 valence electrons. The Kier molecular flexibility index (Phi) is 4.28. The molecule has 0 bridgehead atoms. The third-order valence-corrected chi connectivity index (χ3v) is 4.44. The topological polar surface area (TPSA) is 67.5 Å². The molecule has 4 rings (SSSR count). The first kappa shape index (κ1) is 16.2. The minimum atomic E-state index is -0.449. The minimum absolute atomic E-state index is 0.355. The highest BCUT2D eigenvalue weighted by atomic mass is 32.1. The Morgan fingerprint density at radius 1 is 1.15 bits per heavy atom. The smallest absolute Gasteiger partial charge is 0.345 e. The van der Waals surface area contributed by atoms with Gasteiger partial charge in [0.05, 0.1) is 17.5 Å². The molecule has 5 nitrogen and oxygen atoms in total. The lowest BCUT2D eigenvalue weighted by molar-refractivity contribution is 0.563. The number of thiazole rings is 1. The monoisotopic (exact) mass is 365 g/mol. The standard InChI is InChI=1S/C19H12FN3O2S/c20-15-7-3-1-6-13(15)10-21-23-19-22-16(11-26-19)14-9-12-5-2-4-8-17(12)25-18(14)24/h1-11H,(H,22,23)/b21-10+. The fourth-order valence-electron chi connectivity index (χ4n) is 2.43. The highest BCUT2D eigenvalue weighted by Gasteiger charge is 2.11. The summed E-state index contributed by atoms with van der Waals surface area (Å²) in [5.74, 6) is -0.355. The molecular formula is C19H12FN3O2S. The van der Waals surface area contributed by atoms with Crippen molar-refractivity contribution < 1.29 is 8.81 Å². The molecule has 26 heavy (non-hydrogen) atoms. The van der Waals surface area contributed by atoms with Crippen LogP contribution in [0.3, 0.4) is 0 Å². The van der Waals surface area contributed by atoms with Gasteiger partial charge in [0.1, 0.15) is 11.4 Å². The zero-order valence-corrected chi connectivity index (χ0v) is 14.2. The summed E-state index contributed by atoms with van der Waals surface area (Å²) in [5, 5.41) is 7.03. The number of hydrazone groups is 1. The molecule has 2 heterocycles. The SMILES string of the molecule is O=c1oc2ccccc2cc1-c1csc(N/N=C/c2ccccc2F)n1. The highest BCUT2D eigenvalue weighted by molar-refractivity contribution is 7.14. The lowest BCUT2D eigenvalue weighted by atomic mass is 10.1. The Morgan fingerprint density at radius 3 is 2.85 bits per heavy atom. The number of fused-ring (bicyclic) bond motifs is 1. The Morgan fingerprint density at radius 2 is 1.96 bits per heavy atom. The Hall–Kier alpha value is -3.32. The summed E-state index contributed by atoms with van der Waals surface area (Å²) in [7, 11) is 0. The molecule has 0 spiro atoms. The summed E-state index contributed by atoms with van der Waals surface area (Å²) in [6.45, 7) is 0. The van der Waals surface area contributed by atoms with E-state index in [2.05, 4.69) is 15.5 Å². The quantitative estimate of drug-likeness (QED) is 0.328. The van der Waals surface area contributed by atoms with E-state index < -0.39 is 5.63 Å². The van der Waals surface area contributed by atoms with Crippen LogP contribution in [0.5, 0.6) is 0 Å². The van der Waals surface area contributed by atoms with Crippen molar-refractivity contribution in [3.8, 4) is 11.3 Å². The van der Waals surface area contributed by atoms with Crippen molar-refractivity contribution >= 4 is 33.7 Å². The molecule has 0 saturated carbocycles. The zero-order chi connectivity index (χ0) is 17.9. The van der Waals surface area contributed by atoms with E-state index in [0.717, 1.165) is 5.39 Å². The molecule has 0 saturated heterocycles. The largest absolute Gasteiger partial charge is 0.422 e. The van der Waals surface area contributed by atoms with Crippen molar-refractivity contribution in [3.63, 3.8) is 0 Å². The maximum absolute atomic E-state index is 13.5. The number of hydrogen-bond donors (Lipinski definition) is 1. The van der Waals surface area contributed by atoms with Crippen LogP contribution in [-0.4, -0.2) is 11.2 Å². The first-order valence-corrected chi connectivity index (χ1v) is 8.61. The molecule has 0 radical (unpaired) electrons. The number of nitrogens with one attached hydrogen (secondary N) is 1. The summed E-state index contributed by atoms with van der Waals surface area (Å²) in [6.07, 6.45) is 1.38. The van der Waals surface area contributed by atoms with Gasteiger partial charge in [-0.1, -0.05) is 36.4 Å². The fourth-order valence-corrected chi connectivity index (χ4v) is 3.09. The van der Waals surface area contributed by atoms with Crippen LogP contribution < -0.4 is 11.1 Å². The predicted octanol–water partition coefficient (Wildman–Crippen LogP) is 4.50. The van der Waals surface area contributed by atoms with Gasteiger partial charge in [0.2, 0.25) is 5.13 Å². The lowest BCUT2D eigenvalue weighted by Crippen LogP contribution is -2.02. The Bertz CT molecular complexity index is 1170. The second kappa shape index (κ2) is 6.89. The molecule has 4 aromatic rings. The summed E-state index contributed by atoms with van der Waals surface area (Å²) in [4.78, 5) is 16.5. The number of para-hydroxylation sites is 1. The molecule has 0 fully saturated rings. The molecule has 1 N–H and O–H groups in total. The van der Waals surface area contributed by atoms with Crippen molar-refractivity contribution in [2.45, 2.75) is 0 Å². The van der Waals surface area contributed by atoms with E-state index in [1.54, 1.807) is 35.7 Å². The number of aromatic nitrogens is 1. The maximum Gasteiger partial charge on any atom is 0.345 e. The normalized spacial score (nSPS) is 11.3. The zero-order valence-electron chi connectivity index (χ0n) is 13.3. The van der Waals surface area contributed by atoms with Crippen LogP contribution in [0, 0.1) is 5.82 Å². The van der Waals surface area contributed by atoms with Crippen molar-refractivity contribution in [2.75, 3.05) is 5.43 Å². The summed E-state index contributed by atoms with van der Waals surface area (Å²) in [6, 6.07) is 15.4. The number of nitrogens with zero attached hydrogens (tertiary/aromatic N) is 2. The van der Waals surface area contributed by atoms with Gasteiger partial charge in [-0.15, -0.1) is 11.3 Å². The molecule has 0 amide bonds. The molecule has 0 unspecified atom stereocenters. The van der Waals surface area contributed by atoms with E-state index in [0.29, 0.717) is 27.5 Å².